The summed E-state index contributed by atoms with van der Waals surface area (Å²) in [5, 5.41) is 6.34. The minimum atomic E-state index is 0.152. The molecule has 1 saturated heterocycles. The molecule has 1 aromatic carbocycles. The molecule has 0 atom stereocenters. The van der Waals surface area contributed by atoms with Crippen molar-refractivity contribution in [3.05, 3.63) is 24.3 Å². The van der Waals surface area contributed by atoms with Crippen LogP contribution in [0.5, 0.6) is 0 Å². The molecule has 0 aromatic heterocycles. The van der Waals surface area contributed by atoms with Crippen molar-refractivity contribution in [2.45, 2.75) is 56.1 Å². The standard InChI is InChI=1S/C18H28N2OS/c1-4-11-18(2,3)22-16-7-5-15(6-8-16)20-17(21)14-9-12-19-13-10-14/h5-8,14,19H,4,9-13H2,1-3H3,(H,20,21). The largest absolute Gasteiger partial charge is 0.326 e. The summed E-state index contributed by atoms with van der Waals surface area (Å²) in [5.74, 6) is 0.312. The molecule has 0 aliphatic carbocycles. The Morgan fingerprint density at radius 3 is 2.50 bits per heavy atom. The van der Waals surface area contributed by atoms with E-state index in [0.29, 0.717) is 0 Å². The first-order valence-electron chi connectivity index (χ1n) is 8.31. The molecule has 0 radical (unpaired) electrons. The Balaban J connectivity index is 1.90. The maximum absolute atomic E-state index is 12.2. The molecule has 0 spiro atoms. The molecule has 1 aliphatic rings. The molecule has 1 fully saturated rings. The fourth-order valence-corrected chi connectivity index (χ4v) is 4.12. The Labute approximate surface area is 138 Å². The summed E-state index contributed by atoms with van der Waals surface area (Å²) in [4.78, 5) is 13.5. The number of carbonyl (C=O) groups is 1. The van der Waals surface area contributed by atoms with Crippen molar-refractivity contribution in [2.75, 3.05) is 18.4 Å². The first-order valence-corrected chi connectivity index (χ1v) is 9.12. The predicted molar refractivity (Wildman–Crippen MR) is 95.5 cm³/mol. The van der Waals surface area contributed by atoms with Crippen LogP contribution in [-0.2, 0) is 4.79 Å². The van der Waals surface area contributed by atoms with Crippen LogP contribution in [-0.4, -0.2) is 23.7 Å². The van der Waals surface area contributed by atoms with Crippen molar-refractivity contribution in [2.24, 2.45) is 5.92 Å². The third-order valence-electron chi connectivity index (χ3n) is 4.08. The first kappa shape index (κ1) is 17.4. The van der Waals surface area contributed by atoms with Gasteiger partial charge in [-0.1, -0.05) is 27.2 Å². The van der Waals surface area contributed by atoms with Crippen molar-refractivity contribution in [1.82, 2.24) is 5.32 Å². The molecule has 0 saturated carbocycles. The number of hydrogen-bond donors (Lipinski definition) is 2. The summed E-state index contributed by atoms with van der Waals surface area (Å²) in [7, 11) is 0. The number of rotatable bonds is 6. The van der Waals surface area contributed by atoms with E-state index in [1.165, 1.54) is 17.7 Å². The average molecular weight is 321 g/mol. The summed E-state index contributed by atoms with van der Waals surface area (Å²) in [6.45, 7) is 8.68. The highest BCUT2D eigenvalue weighted by Gasteiger charge is 2.21. The van der Waals surface area contributed by atoms with Crippen LogP contribution in [0.4, 0.5) is 5.69 Å². The van der Waals surface area contributed by atoms with Gasteiger partial charge in [-0.15, -0.1) is 11.8 Å². The molecule has 1 aromatic rings. The highest BCUT2D eigenvalue weighted by molar-refractivity contribution is 8.00. The number of benzene rings is 1. The van der Waals surface area contributed by atoms with Crippen LogP contribution >= 0.6 is 11.8 Å². The minimum absolute atomic E-state index is 0.152. The van der Waals surface area contributed by atoms with Gasteiger partial charge in [-0.3, -0.25) is 4.79 Å². The van der Waals surface area contributed by atoms with Crippen molar-refractivity contribution in [1.29, 1.82) is 0 Å². The number of anilines is 1. The minimum Gasteiger partial charge on any atom is -0.326 e. The number of thioether (sulfide) groups is 1. The van der Waals surface area contributed by atoms with Crippen LogP contribution < -0.4 is 10.6 Å². The van der Waals surface area contributed by atoms with E-state index in [2.05, 4.69) is 43.5 Å². The molecule has 2 N–H and O–H groups in total. The Morgan fingerprint density at radius 1 is 1.27 bits per heavy atom. The van der Waals surface area contributed by atoms with E-state index in [9.17, 15) is 4.79 Å². The Bertz CT molecular complexity index is 478. The lowest BCUT2D eigenvalue weighted by Crippen LogP contribution is -2.34. The van der Waals surface area contributed by atoms with Crippen LogP contribution in [0.1, 0.15) is 46.5 Å². The molecule has 122 valence electrons. The summed E-state index contributed by atoms with van der Waals surface area (Å²) in [6.07, 6.45) is 4.27. The highest BCUT2D eigenvalue weighted by atomic mass is 32.2. The lowest BCUT2D eigenvalue weighted by atomic mass is 9.97. The van der Waals surface area contributed by atoms with Crippen LogP contribution in [0.3, 0.4) is 0 Å². The Hall–Kier alpha value is -1.00. The van der Waals surface area contributed by atoms with E-state index in [1.807, 2.05) is 23.9 Å². The molecule has 3 nitrogen and oxygen atoms in total. The predicted octanol–water partition coefficient (Wildman–Crippen LogP) is 4.30. The molecule has 1 amide bonds. The van der Waals surface area contributed by atoms with Gasteiger partial charge in [0.25, 0.3) is 0 Å². The summed E-state index contributed by atoms with van der Waals surface area (Å²) in [6, 6.07) is 8.26. The van der Waals surface area contributed by atoms with Gasteiger partial charge in [-0.2, -0.15) is 0 Å². The Morgan fingerprint density at radius 2 is 1.91 bits per heavy atom. The normalized spacial score (nSPS) is 16.5. The fraction of sp³-hybridized carbons (Fsp3) is 0.611. The van der Waals surface area contributed by atoms with Crippen molar-refractivity contribution >= 4 is 23.4 Å². The number of piperidine rings is 1. The van der Waals surface area contributed by atoms with Crippen molar-refractivity contribution < 1.29 is 4.79 Å². The van der Waals surface area contributed by atoms with Gasteiger partial charge >= 0.3 is 0 Å². The number of nitrogens with one attached hydrogen (secondary N) is 2. The molecule has 4 heteroatoms. The zero-order valence-corrected chi connectivity index (χ0v) is 14.8. The summed E-state index contributed by atoms with van der Waals surface area (Å²) in [5.41, 5.74) is 0.904. The number of hydrogen-bond acceptors (Lipinski definition) is 3. The topological polar surface area (TPSA) is 41.1 Å². The lowest BCUT2D eigenvalue weighted by Gasteiger charge is -2.23. The van der Waals surface area contributed by atoms with Crippen LogP contribution in [0, 0.1) is 5.92 Å². The molecule has 0 bridgehead atoms. The van der Waals surface area contributed by atoms with E-state index < -0.39 is 0 Å². The van der Waals surface area contributed by atoms with Gasteiger partial charge in [0.1, 0.15) is 0 Å². The lowest BCUT2D eigenvalue weighted by molar-refractivity contribution is -0.120. The smallest absolute Gasteiger partial charge is 0.227 e. The first-order chi connectivity index (χ1) is 10.5. The third-order valence-corrected chi connectivity index (χ3v) is 5.34. The Kier molecular flexibility index (Phi) is 6.33. The number of amides is 1. The second-order valence-electron chi connectivity index (χ2n) is 6.65. The van der Waals surface area contributed by atoms with Gasteiger partial charge in [0.2, 0.25) is 5.91 Å². The van der Waals surface area contributed by atoms with Gasteiger partial charge in [0, 0.05) is 21.2 Å². The molecular weight excluding hydrogens is 292 g/mol. The number of carbonyl (C=O) groups excluding carboxylic acids is 1. The summed E-state index contributed by atoms with van der Waals surface area (Å²) < 4.78 is 0.259. The second-order valence-corrected chi connectivity index (χ2v) is 8.43. The van der Waals surface area contributed by atoms with Crippen LogP contribution in [0.25, 0.3) is 0 Å². The van der Waals surface area contributed by atoms with E-state index >= 15 is 0 Å². The van der Waals surface area contributed by atoms with Gasteiger partial charge in [0.05, 0.1) is 0 Å². The molecule has 22 heavy (non-hydrogen) atoms. The molecule has 1 heterocycles. The maximum Gasteiger partial charge on any atom is 0.227 e. The fourth-order valence-electron chi connectivity index (χ4n) is 2.91. The molecule has 0 unspecified atom stereocenters. The average Bonchev–Trinajstić information content (AvgIpc) is 2.49. The monoisotopic (exact) mass is 320 g/mol. The van der Waals surface area contributed by atoms with E-state index in [4.69, 9.17) is 0 Å². The summed E-state index contributed by atoms with van der Waals surface area (Å²) >= 11 is 1.91. The highest BCUT2D eigenvalue weighted by Crippen LogP contribution is 2.36. The van der Waals surface area contributed by atoms with Crippen molar-refractivity contribution in [3.8, 4) is 0 Å². The van der Waals surface area contributed by atoms with E-state index in [-0.39, 0.29) is 16.6 Å². The van der Waals surface area contributed by atoms with Crippen LogP contribution in [0.15, 0.2) is 29.2 Å². The third kappa shape index (κ3) is 5.33. The van der Waals surface area contributed by atoms with Gasteiger partial charge in [-0.05, 0) is 56.6 Å². The SMILES string of the molecule is CCCC(C)(C)Sc1ccc(NC(=O)C2CCNCC2)cc1. The van der Waals surface area contributed by atoms with Gasteiger partial charge < -0.3 is 10.6 Å². The maximum atomic E-state index is 12.2. The molecule has 2 rings (SSSR count). The second kappa shape index (κ2) is 8.02. The zero-order valence-electron chi connectivity index (χ0n) is 13.9. The van der Waals surface area contributed by atoms with Gasteiger partial charge in [0.15, 0.2) is 0 Å². The zero-order chi connectivity index (χ0) is 16.0. The van der Waals surface area contributed by atoms with Crippen LogP contribution in [0.2, 0.25) is 0 Å². The quantitative estimate of drug-likeness (QED) is 0.768. The molecule has 1 aliphatic heterocycles. The van der Waals surface area contributed by atoms with Crippen molar-refractivity contribution in [3.63, 3.8) is 0 Å². The van der Waals surface area contributed by atoms with Gasteiger partial charge in [-0.25, -0.2) is 0 Å². The van der Waals surface area contributed by atoms with E-state index in [0.717, 1.165) is 31.6 Å². The molecular formula is C18H28N2OS. The van der Waals surface area contributed by atoms with E-state index in [1.54, 1.807) is 0 Å².